The second-order valence-corrected chi connectivity index (χ2v) is 8.35. The van der Waals surface area contributed by atoms with Crippen molar-refractivity contribution in [3.63, 3.8) is 0 Å². The molecule has 3 aromatic rings. The van der Waals surface area contributed by atoms with Crippen LogP contribution in [0, 0.1) is 13.8 Å². The van der Waals surface area contributed by atoms with Gasteiger partial charge in [-0.15, -0.1) is 11.3 Å². The maximum absolute atomic E-state index is 13.3. The number of nitrogens with zero attached hydrogens (tertiary/aromatic N) is 2. The number of carbonyl (C=O) groups excluding carboxylic acids is 1. The second-order valence-electron chi connectivity index (χ2n) is 7.14. The highest BCUT2D eigenvalue weighted by atomic mass is 32.1. The third kappa shape index (κ3) is 3.55. The monoisotopic (exact) mass is 392 g/mol. The van der Waals surface area contributed by atoms with Crippen molar-refractivity contribution in [2.24, 2.45) is 0 Å². The fourth-order valence-electron chi connectivity index (χ4n) is 3.59. The summed E-state index contributed by atoms with van der Waals surface area (Å²) in [5.74, 6) is 0.914. The van der Waals surface area contributed by atoms with E-state index in [1.54, 1.807) is 18.4 Å². The van der Waals surface area contributed by atoms with Crippen molar-refractivity contribution in [2.45, 2.75) is 26.9 Å². The zero-order chi connectivity index (χ0) is 19.7. The lowest BCUT2D eigenvalue weighted by atomic mass is 10.1. The van der Waals surface area contributed by atoms with Gasteiger partial charge in [0.1, 0.15) is 10.8 Å². The van der Waals surface area contributed by atoms with Gasteiger partial charge < -0.3 is 4.74 Å². The van der Waals surface area contributed by atoms with Gasteiger partial charge in [-0.3, -0.25) is 14.6 Å². The van der Waals surface area contributed by atoms with Crippen LogP contribution in [-0.2, 0) is 13.1 Å². The van der Waals surface area contributed by atoms with E-state index in [9.17, 15) is 4.79 Å². The standard InChI is InChI=1S/C23H24N2O2S/c1-16-17(2)28-23-21(16)14-24(13-18-9-11-20(27-3)12-10-18)15-25(23)22(26)19-7-5-4-6-8-19/h4-12H,13-15H2,1-3H3. The van der Waals surface area contributed by atoms with Gasteiger partial charge in [-0.1, -0.05) is 30.3 Å². The highest BCUT2D eigenvalue weighted by Crippen LogP contribution is 2.40. The normalized spacial score (nSPS) is 14.0. The molecule has 0 saturated heterocycles. The van der Waals surface area contributed by atoms with E-state index in [1.807, 2.05) is 47.4 Å². The molecule has 0 unspecified atom stereocenters. The summed E-state index contributed by atoms with van der Waals surface area (Å²) in [7, 11) is 1.68. The SMILES string of the molecule is COc1ccc(CN2Cc3c(sc(C)c3C)N(C(=O)c3ccccc3)C2)cc1. The number of rotatable bonds is 4. The van der Waals surface area contributed by atoms with Gasteiger partial charge in [-0.05, 0) is 49.2 Å². The summed E-state index contributed by atoms with van der Waals surface area (Å²) in [5.41, 5.74) is 4.50. The van der Waals surface area contributed by atoms with Crippen molar-refractivity contribution in [3.8, 4) is 5.75 Å². The van der Waals surface area contributed by atoms with Gasteiger partial charge in [0.15, 0.2) is 0 Å². The van der Waals surface area contributed by atoms with Crippen LogP contribution in [0.4, 0.5) is 5.00 Å². The molecule has 28 heavy (non-hydrogen) atoms. The number of amides is 1. The fourth-order valence-corrected chi connectivity index (χ4v) is 4.74. The molecule has 1 amide bonds. The maximum atomic E-state index is 13.3. The molecule has 0 spiro atoms. The van der Waals surface area contributed by atoms with Crippen LogP contribution in [0.15, 0.2) is 54.6 Å². The van der Waals surface area contributed by atoms with E-state index in [1.165, 1.54) is 21.6 Å². The van der Waals surface area contributed by atoms with Gasteiger partial charge in [-0.25, -0.2) is 0 Å². The Morgan fingerprint density at radius 2 is 1.79 bits per heavy atom. The molecule has 144 valence electrons. The van der Waals surface area contributed by atoms with Crippen LogP contribution >= 0.6 is 11.3 Å². The zero-order valence-corrected chi connectivity index (χ0v) is 17.3. The summed E-state index contributed by atoms with van der Waals surface area (Å²) in [5, 5.41) is 1.09. The van der Waals surface area contributed by atoms with Gasteiger partial charge in [0.2, 0.25) is 0 Å². The van der Waals surface area contributed by atoms with Crippen molar-refractivity contribution in [3.05, 3.63) is 81.7 Å². The zero-order valence-electron chi connectivity index (χ0n) is 16.4. The number of carbonyl (C=O) groups is 1. The van der Waals surface area contributed by atoms with Crippen LogP contribution in [0.25, 0.3) is 0 Å². The number of aryl methyl sites for hydroxylation is 1. The molecule has 0 fully saturated rings. The van der Waals surface area contributed by atoms with Gasteiger partial charge in [0, 0.05) is 29.1 Å². The lowest BCUT2D eigenvalue weighted by Gasteiger charge is -2.35. The molecule has 0 radical (unpaired) electrons. The molecule has 0 N–H and O–H groups in total. The number of hydrogen-bond acceptors (Lipinski definition) is 4. The number of thiophene rings is 1. The molecule has 2 aromatic carbocycles. The number of benzene rings is 2. The molecule has 1 aromatic heterocycles. The third-order valence-electron chi connectivity index (χ3n) is 5.29. The Labute approximate surface area is 170 Å². The Balaban J connectivity index is 1.64. The summed E-state index contributed by atoms with van der Waals surface area (Å²) in [4.78, 5) is 18.8. The molecular formula is C23H24N2O2S. The molecule has 0 saturated carbocycles. The van der Waals surface area contributed by atoms with Gasteiger partial charge in [0.05, 0.1) is 13.8 Å². The van der Waals surface area contributed by atoms with Crippen LogP contribution in [0.2, 0.25) is 0 Å². The van der Waals surface area contributed by atoms with Crippen molar-refractivity contribution >= 4 is 22.2 Å². The van der Waals surface area contributed by atoms with Gasteiger partial charge in [-0.2, -0.15) is 0 Å². The smallest absolute Gasteiger partial charge is 0.260 e. The van der Waals surface area contributed by atoms with Crippen molar-refractivity contribution < 1.29 is 9.53 Å². The first-order valence-electron chi connectivity index (χ1n) is 9.38. The molecule has 4 rings (SSSR count). The van der Waals surface area contributed by atoms with E-state index in [4.69, 9.17) is 4.74 Å². The molecular weight excluding hydrogens is 368 g/mol. The van der Waals surface area contributed by atoms with E-state index in [2.05, 4.69) is 30.9 Å². The first-order chi connectivity index (χ1) is 13.6. The highest BCUT2D eigenvalue weighted by molar-refractivity contribution is 7.16. The van der Waals surface area contributed by atoms with E-state index in [0.29, 0.717) is 6.67 Å². The van der Waals surface area contributed by atoms with Crippen molar-refractivity contribution in [1.29, 1.82) is 0 Å². The number of ether oxygens (including phenoxy) is 1. The molecule has 1 aliphatic heterocycles. The lowest BCUT2D eigenvalue weighted by molar-refractivity contribution is 0.0957. The largest absolute Gasteiger partial charge is 0.497 e. The summed E-state index contributed by atoms with van der Waals surface area (Å²) in [6.45, 7) is 6.53. The van der Waals surface area contributed by atoms with Crippen molar-refractivity contribution in [1.82, 2.24) is 4.90 Å². The predicted molar refractivity (Wildman–Crippen MR) is 114 cm³/mol. The first kappa shape index (κ1) is 18.7. The second kappa shape index (κ2) is 7.78. The van der Waals surface area contributed by atoms with Crippen LogP contribution in [0.1, 0.15) is 31.9 Å². The molecule has 4 nitrogen and oxygen atoms in total. The first-order valence-corrected chi connectivity index (χ1v) is 10.2. The summed E-state index contributed by atoms with van der Waals surface area (Å²) >= 11 is 1.72. The van der Waals surface area contributed by atoms with Crippen LogP contribution < -0.4 is 9.64 Å². The fraction of sp³-hybridized carbons (Fsp3) is 0.261. The molecule has 1 aliphatic rings. The van der Waals surface area contributed by atoms with Crippen LogP contribution in [0.5, 0.6) is 5.75 Å². The molecule has 0 bridgehead atoms. The minimum Gasteiger partial charge on any atom is -0.497 e. The minimum atomic E-state index is 0.0579. The van der Waals surface area contributed by atoms with Crippen LogP contribution in [0.3, 0.4) is 0 Å². The van der Waals surface area contributed by atoms with Gasteiger partial charge >= 0.3 is 0 Å². The minimum absolute atomic E-state index is 0.0579. The lowest BCUT2D eigenvalue weighted by Crippen LogP contribution is -2.44. The number of fused-ring (bicyclic) bond motifs is 1. The Morgan fingerprint density at radius 3 is 2.46 bits per heavy atom. The third-order valence-corrected chi connectivity index (χ3v) is 6.56. The Hall–Kier alpha value is -2.63. The number of anilines is 1. The topological polar surface area (TPSA) is 32.8 Å². The Bertz CT molecular complexity index is 980. The average molecular weight is 393 g/mol. The van der Waals surface area contributed by atoms with E-state index in [0.717, 1.165) is 29.4 Å². The van der Waals surface area contributed by atoms with E-state index in [-0.39, 0.29) is 5.91 Å². The maximum Gasteiger partial charge on any atom is 0.260 e. The summed E-state index contributed by atoms with van der Waals surface area (Å²) in [6.07, 6.45) is 0. The average Bonchev–Trinajstić information content (AvgIpc) is 3.02. The summed E-state index contributed by atoms with van der Waals surface area (Å²) in [6, 6.07) is 17.7. The Morgan fingerprint density at radius 1 is 1.07 bits per heavy atom. The van der Waals surface area contributed by atoms with Crippen molar-refractivity contribution in [2.75, 3.05) is 18.7 Å². The number of methoxy groups -OCH3 is 1. The van der Waals surface area contributed by atoms with Crippen LogP contribution in [-0.4, -0.2) is 24.6 Å². The molecule has 0 atom stereocenters. The molecule has 0 aliphatic carbocycles. The molecule has 5 heteroatoms. The Kier molecular flexibility index (Phi) is 5.20. The summed E-state index contributed by atoms with van der Waals surface area (Å²) < 4.78 is 5.26. The predicted octanol–water partition coefficient (Wildman–Crippen LogP) is 4.99. The van der Waals surface area contributed by atoms with E-state index < -0.39 is 0 Å². The number of hydrogen-bond donors (Lipinski definition) is 0. The van der Waals surface area contributed by atoms with E-state index >= 15 is 0 Å². The molecule has 2 heterocycles. The van der Waals surface area contributed by atoms with Gasteiger partial charge in [0.25, 0.3) is 5.91 Å². The quantitative estimate of drug-likeness (QED) is 0.627. The highest BCUT2D eigenvalue weighted by Gasteiger charge is 2.31.